The minimum Gasteiger partial charge on any atom is -0.462 e. The van der Waals surface area contributed by atoms with Crippen LogP contribution in [0.15, 0.2) is 42.5 Å². The monoisotopic (exact) mass is 608 g/mol. The van der Waals surface area contributed by atoms with E-state index >= 15 is 0 Å². The molecule has 1 atom stereocenters. The average Bonchev–Trinajstić information content (AvgIpc) is 3.18. The quantitative estimate of drug-likeness (QED) is 0.0688. The summed E-state index contributed by atoms with van der Waals surface area (Å²) < 4.78 is 6.96. The highest BCUT2D eigenvalue weighted by atomic mass is 35.5. The summed E-state index contributed by atoms with van der Waals surface area (Å²) in [7, 11) is 0. The summed E-state index contributed by atoms with van der Waals surface area (Å²) in [6, 6.07) is 11.7. The summed E-state index contributed by atoms with van der Waals surface area (Å²) in [6.45, 7) is 7.65. The third kappa shape index (κ3) is 7.77. The van der Waals surface area contributed by atoms with Crippen LogP contribution in [-0.2, 0) is 11.3 Å². The fraction of sp³-hybridized carbons (Fsp3) is 0.622. The predicted octanol–water partition coefficient (Wildman–Crippen LogP) is 11.5. The summed E-state index contributed by atoms with van der Waals surface area (Å²) in [5, 5.41) is 11.5. The lowest BCUT2D eigenvalue weighted by Gasteiger charge is -2.47. The van der Waals surface area contributed by atoms with Gasteiger partial charge >= 0.3 is 0 Å². The average molecular weight is 609 g/mol. The number of benzene rings is 2. The van der Waals surface area contributed by atoms with Crippen molar-refractivity contribution in [2.75, 3.05) is 11.4 Å². The molecule has 0 aromatic heterocycles. The molecule has 6 heteroatoms. The van der Waals surface area contributed by atoms with Crippen molar-refractivity contribution in [2.45, 2.75) is 141 Å². The van der Waals surface area contributed by atoms with Crippen LogP contribution < -0.4 is 9.64 Å². The second kappa shape index (κ2) is 16.0. The molecule has 236 valence electrons. The SMILES string of the molecule is CCCCCCCCCCCCCCCCCCN1c2ccccc2C(C)(C)C12C=Cc1cc([N+](=O)[O-])cc(CCl)c1O2. The number of halogens is 1. The first-order chi connectivity index (χ1) is 20.9. The normalized spacial score (nSPS) is 18.1. The van der Waals surface area contributed by atoms with E-state index in [0.29, 0.717) is 16.9 Å². The molecule has 0 amide bonds. The third-order valence-corrected chi connectivity index (χ3v) is 9.97. The van der Waals surface area contributed by atoms with Crippen LogP contribution in [0.25, 0.3) is 6.08 Å². The summed E-state index contributed by atoms with van der Waals surface area (Å²) >= 11 is 6.30. The number of hydrogen-bond donors (Lipinski definition) is 0. The molecule has 1 spiro atoms. The summed E-state index contributed by atoms with van der Waals surface area (Å²) in [5.41, 5.74) is 2.81. The number of nitro benzene ring substituents is 1. The van der Waals surface area contributed by atoms with Gasteiger partial charge in [-0.1, -0.05) is 121 Å². The van der Waals surface area contributed by atoms with E-state index in [-0.39, 0.29) is 21.9 Å². The lowest BCUT2D eigenvalue weighted by molar-refractivity contribution is -0.385. The Morgan fingerprint density at radius 2 is 1.40 bits per heavy atom. The van der Waals surface area contributed by atoms with Gasteiger partial charge in [-0.25, -0.2) is 0 Å². The number of ether oxygens (including phenoxy) is 1. The van der Waals surface area contributed by atoms with Gasteiger partial charge < -0.3 is 9.64 Å². The number of nitrogens with zero attached hydrogens (tertiary/aromatic N) is 2. The van der Waals surface area contributed by atoms with Crippen LogP contribution in [0.3, 0.4) is 0 Å². The van der Waals surface area contributed by atoms with Crippen LogP contribution in [0.5, 0.6) is 5.75 Å². The number of anilines is 1. The van der Waals surface area contributed by atoms with Gasteiger partial charge in [0.2, 0.25) is 5.72 Å². The van der Waals surface area contributed by atoms with E-state index in [2.05, 4.69) is 56.0 Å². The number of alkyl halides is 1. The molecule has 0 saturated carbocycles. The Morgan fingerprint density at radius 3 is 1.95 bits per heavy atom. The Kier molecular flexibility index (Phi) is 12.4. The van der Waals surface area contributed by atoms with E-state index in [1.165, 1.54) is 108 Å². The van der Waals surface area contributed by atoms with Crippen LogP contribution in [0.2, 0.25) is 0 Å². The third-order valence-electron chi connectivity index (χ3n) is 9.68. The predicted molar refractivity (Wildman–Crippen MR) is 181 cm³/mol. The maximum Gasteiger partial charge on any atom is 0.270 e. The Balaban J connectivity index is 1.28. The molecule has 0 bridgehead atoms. The second-order valence-electron chi connectivity index (χ2n) is 13.1. The maximum absolute atomic E-state index is 11.5. The van der Waals surface area contributed by atoms with E-state index in [1.54, 1.807) is 12.1 Å². The molecule has 0 N–H and O–H groups in total. The molecule has 2 aliphatic rings. The fourth-order valence-corrected chi connectivity index (χ4v) is 7.27. The highest BCUT2D eigenvalue weighted by Gasteiger charge is 2.58. The highest BCUT2D eigenvalue weighted by molar-refractivity contribution is 6.17. The van der Waals surface area contributed by atoms with Crippen LogP contribution in [0, 0.1) is 10.1 Å². The van der Waals surface area contributed by atoms with Crippen molar-refractivity contribution in [3.63, 3.8) is 0 Å². The van der Waals surface area contributed by atoms with Gasteiger partial charge in [0.1, 0.15) is 5.75 Å². The number of unbranched alkanes of at least 4 members (excludes halogenated alkanes) is 15. The first-order valence-corrected chi connectivity index (χ1v) is 17.5. The molecule has 43 heavy (non-hydrogen) atoms. The van der Waals surface area contributed by atoms with Gasteiger partial charge in [0.15, 0.2) is 0 Å². The molecule has 2 aliphatic heterocycles. The van der Waals surface area contributed by atoms with E-state index in [4.69, 9.17) is 16.3 Å². The first-order valence-electron chi connectivity index (χ1n) is 17.0. The number of rotatable bonds is 19. The molecule has 5 nitrogen and oxygen atoms in total. The van der Waals surface area contributed by atoms with Crippen molar-refractivity contribution in [3.8, 4) is 5.75 Å². The van der Waals surface area contributed by atoms with E-state index in [9.17, 15) is 10.1 Å². The Morgan fingerprint density at radius 1 is 0.837 bits per heavy atom. The largest absolute Gasteiger partial charge is 0.462 e. The molecule has 2 heterocycles. The number of non-ortho nitro benzene ring substituents is 1. The molecule has 2 aromatic rings. The molecule has 4 rings (SSSR count). The maximum atomic E-state index is 11.5. The topological polar surface area (TPSA) is 55.6 Å². The molecular weight excluding hydrogens is 556 g/mol. The Labute approximate surface area is 265 Å². The van der Waals surface area contributed by atoms with Gasteiger partial charge in [0.05, 0.1) is 16.2 Å². The minimum atomic E-state index is -0.726. The smallest absolute Gasteiger partial charge is 0.270 e. The molecule has 0 radical (unpaired) electrons. The van der Waals surface area contributed by atoms with Gasteiger partial charge in [-0.15, -0.1) is 11.6 Å². The summed E-state index contributed by atoms with van der Waals surface area (Å²) in [6.07, 6.45) is 25.7. The zero-order valence-electron chi connectivity index (χ0n) is 26.8. The minimum absolute atomic E-state index is 0.0394. The van der Waals surface area contributed by atoms with E-state index in [0.717, 1.165) is 13.0 Å². The molecule has 1 unspecified atom stereocenters. The van der Waals surface area contributed by atoms with Crippen molar-refractivity contribution in [1.82, 2.24) is 0 Å². The van der Waals surface area contributed by atoms with Gasteiger partial charge in [0, 0.05) is 35.5 Å². The highest BCUT2D eigenvalue weighted by Crippen LogP contribution is 2.55. The molecule has 0 aliphatic carbocycles. The van der Waals surface area contributed by atoms with Crippen LogP contribution in [0.4, 0.5) is 11.4 Å². The zero-order chi connectivity index (χ0) is 30.7. The fourth-order valence-electron chi connectivity index (χ4n) is 7.07. The van der Waals surface area contributed by atoms with Gasteiger partial charge in [-0.2, -0.15) is 0 Å². The van der Waals surface area contributed by atoms with E-state index in [1.807, 2.05) is 6.08 Å². The molecule has 0 fully saturated rings. The second-order valence-corrected chi connectivity index (χ2v) is 13.4. The van der Waals surface area contributed by atoms with Crippen molar-refractivity contribution in [2.24, 2.45) is 0 Å². The van der Waals surface area contributed by atoms with Gasteiger partial charge in [-0.3, -0.25) is 10.1 Å². The van der Waals surface area contributed by atoms with Crippen LogP contribution in [0.1, 0.15) is 140 Å². The van der Waals surface area contributed by atoms with Crippen molar-refractivity contribution >= 4 is 29.1 Å². The van der Waals surface area contributed by atoms with Crippen molar-refractivity contribution < 1.29 is 9.66 Å². The first kappa shape index (κ1) is 33.4. The standard InChI is InChI=1S/C37H53ClN2O3/c1-4-5-6-7-8-9-10-11-12-13-14-15-16-17-18-21-26-39-34-23-20-19-22-33(34)36(2,3)37(39)25-24-30-27-32(40(41)42)28-31(29-38)35(30)43-37/h19-20,22-25,27-28H,4-18,21,26,29H2,1-3H3. The number of nitro groups is 1. The lowest BCUT2D eigenvalue weighted by atomic mass is 9.76. The van der Waals surface area contributed by atoms with Gasteiger partial charge in [0.25, 0.3) is 5.69 Å². The van der Waals surface area contributed by atoms with Gasteiger partial charge in [-0.05, 0) is 44.1 Å². The zero-order valence-corrected chi connectivity index (χ0v) is 27.6. The summed E-state index contributed by atoms with van der Waals surface area (Å²) in [5.74, 6) is 0.807. The lowest BCUT2D eigenvalue weighted by Crippen LogP contribution is -2.59. The molecule has 0 saturated heterocycles. The number of hydrogen-bond acceptors (Lipinski definition) is 4. The van der Waals surface area contributed by atoms with Crippen LogP contribution in [-0.4, -0.2) is 17.2 Å². The van der Waals surface area contributed by atoms with Crippen molar-refractivity contribution in [3.05, 3.63) is 69.3 Å². The molecule has 2 aromatic carbocycles. The van der Waals surface area contributed by atoms with Crippen molar-refractivity contribution in [1.29, 1.82) is 0 Å². The van der Waals surface area contributed by atoms with Crippen LogP contribution >= 0.6 is 11.6 Å². The number of para-hydroxylation sites is 1. The van der Waals surface area contributed by atoms with E-state index < -0.39 is 5.72 Å². The number of fused-ring (bicyclic) bond motifs is 2. The summed E-state index contributed by atoms with van der Waals surface area (Å²) in [4.78, 5) is 13.6. The molecular formula is C37H53ClN2O3. The Bertz CT molecular complexity index is 1230. The Hall–Kier alpha value is -2.53.